The van der Waals surface area contributed by atoms with Gasteiger partial charge in [-0.15, -0.1) is 0 Å². The van der Waals surface area contributed by atoms with Crippen molar-refractivity contribution in [1.82, 2.24) is 0 Å². The summed E-state index contributed by atoms with van der Waals surface area (Å²) in [5.41, 5.74) is 2.39. The molecule has 0 aliphatic heterocycles. The Morgan fingerprint density at radius 2 is 1.27 bits per heavy atom. The average Bonchev–Trinajstić information content (AvgIpc) is 3.10. The summed E-state index contributed by atoms with van der Waals surface area (Å²) < 4.78 is 0. The number of fused-ring (bicyclic) bond motifs is 1. The Bertz CT molecular complexity index is 293. The molecule has 22 heavy (non-hydrogen) atoms. The van der Waals surface area contributed by atoms with Crippen LogP contribution in [0, 0.1) is 26.7 Å². The van der Waals surface area contributed by atoms with Crippen LogP contribution in [0.5, 0.6) is 0 Å². The molecule has 0 aromatic rings. The summed E-state index contributed by atoms with van der Waals surface area (Å²) in [5.74, 6) is 2.33. The van der Waals surface area contributed by atoms with Crippen LogP contribution in [0.15, 0.2) is 0 Å². The maximum absolute atomic E-state index is 4.93. The van der Waals surface area contributed by atoms with Crippen molar-refractivity contribution in [2.45, 2.75) is 88.4 Å². The molecule has 3 fully saturated rings. The Morgan fingerprint density at radius 1 is 0.773 bits per heavy atom. The minimum atomic E-state index is -0.945. The molecule has 4 heteroatoms. The van der Waals surface area contributed by atoms with Gasteiger partial charge in [-0.1, -0.05) is 77.3 Å². The van der Waals surface area contributed by atoms with E-state index in [9.17, 15) is 0 Å². The zero-order chi connectivity index (χ0) is 14.6. The van der Waals surface area contributed by atoms with Crippen molar-refractivity contribution in [3.8, 4) is 0 Å². The van der Waals surface area contributed by atoms with Gasteiger partial charge < -0.3 is 14.9 Å². The van der Waals surface area contributed by atoms with Crippen molar-refractivity contribution >= 4 is 25.1 Å². The van der Waals surface area contributed by atoms with E-state index in [1.807, 2.05) is 0 Å². The van der Waals surface area contributed by atoms with Crippen LogP contribution in [0.2, 0.25) is 24.2 Å². The van der Waals surface area contributed by atoms with Gasteiger partial charge >= 0.3 is 37.9 Å². The number of hydrogen-bond acceptors (Lipinski definition) is 0. The zero-order valence-corrected chi connectivity index (χ0v) is 20.1. The first-order chi connectivity index (χ1) is 9.61. The summed E-state index contributed by atoms with van der Waals surface area (Å²) in [5, 5.41) is 0. The van der Waals surface area contributed by atoms with E-state index in [1.54, 1.807) is 64.2 Å². The molecule has 130 valence electrons. The van der Waals surface area contributed by atoms with Gasteiger partial charge in [0.25, 0.3) is 0 Å². The predicted molar refractivity (Wildman–Crippen MR) is 103 cm³/mol. The summed E-state index contributed by atoms with van der Waals surface area (Å²) >= 11 is -0.826. The molecule has 0 nitrogen and oxygen atoms in total. The second-order valence-corrected chi connectivity index (χ2v) is 16.7. The fraction of sp³-hybridized carbons (Fsp3) is 0.889. The van der Waals surface area contributed by atoms with Crippen LogP contribution >= 0.6 is 17.0 Å². The fourth-order valence-electron chi connectivity index (χ4n) is 5.63. The van der Waals surface area contributed by atoms with Gasteiger partial charge in [0.2, 0.25) is 0 Å². The van der Waals surface area contributed by atoms with Crippen molar-refractivity contribution in [2.24, 2.45) is 11.8 Å². The maximum atomic E-state index is 4.93. The molecule has 0 amide bonds. The van der Waals surface area contributed by atoms with Gasteiger partial charge in [-0.2, -0.15) is 0 Å². The van der Waals surface area contributed by atoms with Gasteiger partial charge in [-0.3, -0.25) is 0 Å². The van der Waals surface area contributed by atoms with E-state index < -0.39 is 28.9 Å². The number of hydrogen-bond donors (Lipinski definition) is 0. The Kier molecular flexibility index (Phi) is 12.2. The summed E-state index contributed by atoms with van der Waals surface area (Å²) in [7, 11) is 8.92. The Labute approximate surface area is 160 Å². The van der Waals surface area contributed by atoms with E-state index in [1.165, 1.54) is 17.0 Å². The van der Waals surface area contributed by atoms with E-state index in [2.05, 4.69) is 13.1 Å². The van der Waals surface area contributed by atoms with E-state index in [4.69, 9.17) is 17.0 Å². The van der Waals surface area contributed by atoms with Crippen molar-refractivity contribution in [1.29, 1.82) is 0 Å². The predicted octanol–water partition coefficient (Wildman–Crippen LogP) is 7.89. The van der Waals surface area contributed by atoms with Crippen molar-refractivity contribution in [2.75, 3.05) is 0 Å². The van der Waals surface area contributed by atoms with Gasteiger partial charge in [0.1, 0.15) is 0 Å². The number of rotatable bonds is 2. The van der Waals surface area contributed by atoms with Crippen molar-refractivity contribution in [3.63, 3.8) is 0 Å². The summed E-state index contributed by atoms with van der Waals surface area (Å²) in [6, 6.07) is 0. The second kappa shape index (κ2) is 11.3. The molecule has 0 aromatic heterocycles. The third-order valence-electron chi connectivity index (χ3n) is 6.70. The van der Waals surface area contributed by atoms with Crippen LogP contribution in [0.25, 0.3) is 0 Å². The molecule has 3 atom stereocenters. The van der Waals surface area contributed by atoms with Crippen LogP contribution in [0.4, 0.5) is 0 Å². The molecule has 3 aliphatic rings. The summed E-state index contributed by atoms with van der Waals surface area (Å²) in [6.45, 7) is 5.51. The van der Waals surface area contributed by atoms with Crippen LogP contribution in [-0.2, 0) is 20.8 Å². The van der Waals surface area contributed by atoms with Crippen LogP contribution in [0.3, 0.4) is 0 Å². The third kappa shape index (κ3) is 5.60. The molecular weight excluding hydrogens is 406 g/mol. The Hall–Kier alpha value is 1.68. The van der Waals surface area contributed by atoms with Crippen LogP contribution in [0.1, 0.15) is 64.2 Å². The Morgan fingerprint density at radius 3 is 1.86 bits per heavy atom. The summed E-state index contributed by atoms with van der Waals surface area (Å²) in [4.78, 5) is 0. The van der Waals surface area contributed by atoms with Gasteiger partial charge in [-0.25, -0.2) is 0 Å². The molecule has 0 N–H and O–H groups in total. The molecule has 3 aliphatic carbocycles. The van der Waals surface area contributed by atoms with Crippen molar-refractivity contribution < 1.29 is 20.8 Å². The minimum absolute atomic E-state index is 0. The van der Waals surface area contributed by atoms with Crippen LogP contribution < -0.4 is 0 Å². The molecule has 0 saturated heterocycles. The monoisotopic (exact) mass is 440 g/mol. The standard InChI is InChI=1S/C16H30Si.2CH3.2ClH.Zr/c1-17(2,14-8-4-5-9-14)16-12-11-13-7-3-6-10-15(13)16;;;;;/h13-16H,3-12H2,1-2H3;2*1H3;2*1H;/q;2*-1;;;+4/p-2. The average molecular weight is 443 g/mol. The van der Waals surface area contributed by atoms with E-state index >= 15 is 0 Å². The molecule has 0 aromatic carbocycles. The SMILES string of the molecule is C[Si](C)(C1CCCC1)C1CCC2CCCCC21.[CH3-].[CH3-].[Cl][Zr+2][Cl]. The molecule has 0 radical (unpaired) electrons. The van der Waals surface area contributed by atoms with E-state index in [0.29, 0.717) is 0 Å². The van der Waals surface area contributed by atoms with Crippen molar-refractivity contribution in [3.05, 3.63) is 14.9 Å². The normalized spacial score (nSPS) is 31.0. The summed E-state index contributed by atoms with van der Waals surface area (Å²) in [6.07, 6.45) is 15.7. The molecule has 3 rings (SSSR count). The fourth-order valence-corrected chi connectivity index (χ4v) is 10.6. The molecule has 3 unspecified atom stereocenters. The van der Waals surface area contributed by atoms with Gasteiger partial charge in [0, 0.05) is 0 Å². The molecular formula is C18H36Cl2SiZr. The second-order valence-electron chi connectivity index (χ2n) is 7.77. The topological polar surface area (TPSA) is 0 Å². The molecule has 0 heterocycles. The van der Waals surface area contributed by atoms with Crippen LogP contribution in [-0.4, -0.2) is 8.07 Å². The van der Waals surface area contributed by atoms with E-state index in [0.717, 1.165) is 5.92 Å². The first kappa shape index (κ1) is 23.7. The molecule has 0 spiro atoms. The first-order valence-corrected chi connectivity index (χ1v) is 18.1. The van der Waals surface area contributed by atoms with Gasteiger partial charge in [0.05, 0.1) is 8.07 Å². The number of halogens is 2. The molecule has 0 bridgehead atoms. The van der Waals surface area contributed by atoms with E-state index in [-0.39, 0.29) is 14.9 Å². The molecule has 3 saturated carbocycles. The Balaban J connectivity index is 0.000000820. The van der Waals surface area contributed by atoms with Gasteiger partial charge in [0.15, 0.2) is 0 Å². The quantitative estimate of drug-likeness (QED) is 0.301. The third-order valence-corrected chi connectivity index (χ3v) is 12.0. The zero-order valence-electron chi connectivity index (χ0n) is 15.1. The van der Waals surface area contributed by atoms with Gasteiger partial charge in [-0.05, 0) is 22.9 Å². The first-order valence-electron chi connectivity index (χ1n) is 8.57.